The van der Waals surface area contributed by atoms with Crippen LogP contribution < -0.4 is 16.4 Å². The first-order chi connectivity index (χ1) is 12.6. The topological polar surface area (TPSA) is 109 Å². The number of nitrogens with one attached hydrogen (secondary N) is 2. The van der Waals surface area contributed by atoms with Crippen molar-refractivity contribution in [3.05, 3.63) is 35.4 Å². The summed E-state index contributed by atoms with van der Waals surface area (Å²) < 4.78 is 5.52. The molecule has 2 aliphatic heterocycles. The van der Waals surface area contributed by atoms with Crippen molar-refractivity contribution in [2.45, 2.75) is 25.5 Å². The number of rotatable bonds is 5. The molecule has 1 aromatic carbocycles. The molecule has 3 rings (SSSR count). The Labute approximate surface area is 152 Å². The number of nitrogens with two attached hydrogens (primary N) is 1. The SMILES string of the molecule is NC(=NCc1ccc(C(=O)N2CCNC(=O)C2)cc1)NCC1CCCO1. The molecular weight excluding hydrogens is 334 g/mol. The van der Waals surface area contributed by atoms with E-state index in [9.17, 15) is 9.59 Å². The number of benzene rings is 1. The molecule has 0 saturated carbocycles. The van der Waals surface area contributed by atoms with Crippen molar-refractivity contribution in [1.29, 1.82) is 0 Å². The van der Waals surface area contributed by atoms with E-state index in [-0.39, 0.29) is 24.5 Å². The maximum atomic E-state index is 12.4. The number of amides is 2. The highest BCUT2D eigenvalue weighted by molar-refractivity contribution is 5.97. The van der Waals surface area contributed by atoms with Gasteiger partial charge in [0, 0.05) is 31.8 Å². The fourth-order valence-corrected chi connectivity index (χ4v) is 3.00. The van der Waals surface area contributed by atoms with E-state index in [1.807, 2.05) is 12.1 Å². The summed E-state index contributed by atoms with van der Waals surface area (Å²) in [5, 5.41) is 5.79. The first-order valence-corrected chi connectivity index (χ1v) is 8.92. The van der Waals surface area contributed by atoms with E-state index >= 15 is 0 Å². The largest absolute Gasteiger partial charge is 0.376 e. The summed E-state index contributed by atoms with van der Waals surface area (Å²) in [5.41, 5.74) is 7.40. The Balaban J connectivity index is 1.49. The molecule has 2 aliphatic rings. The number of carbonyl (C=O) groups is 2. The Bertz CT molecular complexity index is 668. The van der Waals surface area contributed by atoms with Gasteiger partial charge < -0.3 is 26.0 Å². The molecule has 2 heterocycles. The van der Waals surface area contributed by atoms with Crippen molar-refractivity contribution in [3.63, 3.8) is 0 Å². The molecule has 8 nitrogen and oxygen atoms in total. The van der Waals surface area contributed by atoms with Crippen LogP contribution in [0.4, 0.5) is 0 Å². The minimum atomic E-state index is -0.132. The molecule has 0 bridgehead atoms. The molecule has 2 fully saturated rings. The molecule has 1 aromatic rings. The molecule has 4 N–H and O–H groups in total. The van der Waals surface area contributed by atoms with Gasteiger partial charge in [0.1, 0.15) is 0 Å². The predicted molar refractivity (Wildman–Crippen MR) is 97.7 cm³/mol. The predicted octanol–water partition coefficient (Wildman–Crippen LogP) is -0.158. The highest BCUT2D eigenvalue weighted by Gasteiger charge is 2.22. The van der Waals surface area contributed by atoms with Crippen LogP contribution in [0, 0.1) is 0 Å². The fraction of sp³-hybridized carbons (Fsp3) is 0.500. The van der Waals surface area contributed by atoms with Crippen LogP contribution in [-0.2, 0) is 16.1 Å². The van der Waals surface area contributed by atoms with E-state index in [0.717, 1.165) is 25.0 Å². The van der Waals surface area contributed by atoms with Crippen LogP contribution in [0.5, 0.6) is 0 Å². The van der Waals surface area contributed by atoms with Gasteiger partial charge >= 0.3 is 0 Å². The number of aliphatic imine (C=N–C) groups is 1. The van der Waals surface area contributed by atoms with Crippen LogP contribution in [0.1, 0.15) is 28.8 Å². The number of guanidine groups is 1. The van der Waals surface area contributed by atoms with Crippen LogP contribution in [0.3, 0.4) is 0 Å². The lowest BCUT2D eigenvalue weighted by Crippen LogP contribution is -2.49. The van der Waals surface area contributed by atoms with Crippen LogP contribution in [0.25, 0.3) is 0 Å². The third-order valence-electron chi connectivity index (χ3n) is 4.49. The molecule has 0 radical (unpaired) electrons. The number of hydrogen-bond acceptors (Lipinski definition) is 4. The summed E-state index contributed by atoms with van der Waals surface area (Å²) in [6.07, 6.45) is 2.36. The first-order valence-electron chi connectivity index (χ1n) is 8.92. The summed E-state index contributed by atoms with van der Waals surface area (Å²) in [6, 6.07) is 7.23. The van der Waals surface area contributed by atoms with Crippen molar-refractivity contribution in [2.75, 3.05) is 32.8 Å². The van der Waals surface area contributed by atoms with Crippen LogP contribution in [-0.4, -0.2) is 61.6 Å². The highest BCUT2D eigenvalue weighted by Crippen LogP contribution is 2.11. The van der Waals surface area contributed by atoms with E-state index in [0.29, 0.717) is 37.7 Å². The normalized spacial score (nSPS) is 20.8. The van der Waals surface area contributed by atoms with Gasteiger partial charge in [-0.2, -0.15) is 0 Å². The maximum Gasteiger partial charge on any atom is 0.254 e. The zero-order chi connectivity index (χ0) is 18.4. The first kappa shape index (κ1) is 18.2. The van der Waals surface area contributed by atoms with Gasteiger partial charge in [0.15, 0.2) is 5.96 Å². The molecule has 0 aliphatic carbocycles. The molecule has 1 unspecified atom stereocenters. The smallest absolute Gasteiger partial charge is 0.254 e. The lowest BCUT2D eigenvalue weighted by Gasteiger charge is -2.26. The Morgan fingerprint density at radius 3 is 2.88 bits per heavy atom. The van der Waals surface area contributed by atoms with E-state index in [1.165, 1.54) is 0 Å². The van der Waals surface area contributed by atoms with Crippen LogP contribution >= 0.6 is 0 Å². The van der Waals surface area contributed by atoms with Crippen LogP contribution in [0.2, 0.25) is 0 Å². The molecular formula is C18H25N5O3. The lowest BCUT2D eigenvalue weighted by atomic mass is 10.1. The van der Waals surface area contributed by atoms with Crippen LogP contribution in [0.15, 0.2) is 29.3 Å². The second-order valence-corrected chi connectivity index (χ2v) is 6.49. The van der Waals surface area contributed by atoms with Crippen molar-refractivity contribution in [1.82, 2.24) is 15.5 Å². The Hall–Kier alpha value is -2.61. The lowest BCUT2D eigenvalue weighted by molar-refractivity contribution is -0.123. The summed E-state index contributed by atoms with van der Waals surface area (Å²) in [6.45, 7) is 3.06. The van der Waals surface area contributed by atoms with Gasteiger partial charge in [0.25, 0.3) is 5.91 Å². The summed E-state index contributed by atoms with van der Waals surface area (Å²) >= 11 is 0. The van der Waals surface area contributed by atoms with E-state index in [2.05, 4.69) is 15.6 Å². The Morgan fingerprint density at radius 1 is 1.38 bits per heavy atom. The Kier molecular flexibility index (Phi) is 6.06. The standard InChI is InChI=1S/C18H25N5O3/c19-18(22-11-15-2-1-9-26-15)21-10-13-3-5-14(6-4-13)17(25)23-8-7-20-16(24)12-23/h3-6,15H,1-2,7-12H2,(H,20,24)(H3,19,21,22). The van der Waals surface area contributed by atoms with Gasteiger partial charge in [0.05, 0.1) is 19.2 Å². The van der Waals surface area contributed by atoms with Gasteiger partial charge in [-0.15, -0.1) is 0 Å². The van der Waals surface area contributed by atoms with E-state index in [1.54, 1.807) is 17.0 Å². The van der Waals surface area contributed by atoms with Gasteiger partial charge in [-0.1, -0.05) is 12.1 Å². The molecule has 2 amide bonds. The van der Waals surface area contributed by atoms with Crippen molar-refractivity contribution >= 4 is 17.8 Å². The maximum absolute atomic E-state index is 12.4. The zero-order valence-electron chi connectivity index (χ0n) is 14.7. The van der Waals surface area contributed by atoms with Crippen molar-refractivity contribution < 1.29 is 14.3 Å². The summed E-state index contributed by atoms with van der Waals surface area (Å²) in [5.74, 6) is 0.133. The summed E-state index contributed by atoms with van der Waals surface area (Å²) in [4.78, 5) is 29.7. The zero-order valence-corrected chi connectivity index (χ0v) is 14.7. The Morgan fingerprint density at radius 2 is 2.19 bits per heavy atom. The number of ether oxygens (including phenoxy) is 1. The van der Waals surface area contributed by atoms with Gasteiger partial charge in [-0.25, -0.2) is 4.99 Å². The van der Waals surface area contributed by atoms with E-state index in [4.69, 9.17) is 10.5 Å². The summed E-state index contributed by atoms with van der Waals surface area (Å²) in [7, 11) is 0. The minimum absolute atomic E-state index is 0.109. The van der Waals surface area contributed by atoms with E-state index < -0.39 is 0 Å². The molecule has 140 valence electrons. The average molecular weight is 359 g/mol. The van der Waals surface area contributed by atoms with Crippen molar-refractivity contribution in [3.8, 4) is 0 Å². The molecule has 2 saturated heterocycles. The second kappa shape index (κ2) is 8.66. The third-order valence-corrected chi connectivity index (χ3v) is 4.49. The van der Waals surface area contributed by atoms with Crippen molar-refractivity contribution in [2.24, 2.45) is 10.7 Å². The van der Waals surface area contributed by atoms with Gasteiger partial charge in [-0.05, 0) is 30.5 Å². The molecule has 8 heteroatoms. The number of carbonyl (C=O) groups excluding carboxylic acids is 2. The monoisotopic (exact) mass is 359 g/mol. The quantitative estimate of drug-likeness (QED) is 0.500. The second-order valence-electron chi connectivity index (χ2n) is 6.49. The third kappa shape index (κ3) is 4.95. The molecule has 0 spiro atoms. The molecule has 0 aromatic heterocycles. The van der Waals surface area contributed by atoms with Gasteiger partial charge in [0.2, 0.25) is 5.91 Å². The number of hydrogen-bond donors (Lipinski definition) is 3. The number of nitrogens with zero attached hydrogens (tertiary/aromatic N) is 2. The van der Waals surface area contributed by atoms with Gasteiger partial charge in [-0.3, -0.25) is 9.59 Å². The average Bonchev–Trinajstić information content (AvgIpc) is 3.18. The number of piperazine rings is 1. The highest BCUT2D eigenvalue weighted by atomic mass is 16.5. The molecule has 26 heavy (non-hydrogen) atoms. The minimum Gasteiger partial charge on any atom is -0.376 e. The molecule has 1 atom stereocenters. The fourth-order valence-electron chi connectivity index (χ4n) is 3.00.